The van der Waals surface area contributed by atoms with Crippen molar-refractivity contribution in [2.24, 2.45) is 209 Å². The fourth-order valence-corrected chi connectivity index (χ4v) is 42.2. The van der Waals surface area contributed by atoms with Crippen LogP contribution in [0.25, 0.3) is 0 Å². The maximum absolute atomic E-state index is 12.9. The van der Waals surface area contributed by atoms with Gasteiger partial charge < -0.3 is 62.0 Å². The Morgan fingerprint density at radius 3 is 0.712 bits per heavy atom. The van der Waals surface area contributed by atoms with Crippen molar-refractivity contribution in [1.82, 2.24) is 0 Å². The maximum atomic E-state index is 12.9. The summed E-state index contributed by atoms with van der Waals surface area (Å²) in [7, 11) is 0. The molecule has 0 unspecified atom stereocenters. The molecule has 146 heavy (non-hydrogen) atoms. The largest absolute Gasteiger partial charge is 1.00 e. The molecule has 0 radical (unpaired) electrons. The second-order valence-corrected chi connectivity index (χ2v) is 59.1. The van der Waals surface area contributed by atoms with Crippen LogP contribution in [0.3, 0.4) is 0 Å². The van der Waals surface area contributed by atoms with E-state index in [9.17, 15) is 40.2 Å². The standard InChI is InChI=1S/2C36H54O3.2C29H50O2.2Li.4H2O/c2*1-24(13-18-32(25-11-8-12-25)39-33(37)26-9-6-5-7-10-26)29-16-17-30-28-15-14-27-23-34(2,38)21-22-35(27,3)31(28)19-20-36(29,30)4;2*1-19(8-13-26(30)20-6-5-7-20)23-11-12-24-22-10-9-21-18-27(2,31)16-17-28(21,3)25(22)14-15-29(23,24)4;;;;;;/h2*5-7,9-10,24-25,27-32,38H,8,11-23H2,1-4H3;2*19-26,30-31H,5-18H2,1-4H3;;;4*1H2/q;;;;2*+1;;;;/p-2/t24-,27+,28+,29-,30+,31+,32+,34+,35+,36-;24-,27+,28+,29-,30+,31+,32-,34+,35+,36-;19-,21+,22+,23-,24+,25+,26+,27+,28+,29-;19-,21+,22+,23-,24+,25+,26-,27+,28+,29-;;;;;;/m1111....../s1. The average molecular weight is 2020 g/mol. The molecule has 12 N–H and O–H groups in total. The molecule has 0 amide bonds. The van der Waals surface area contributed by atoms with Crippen LogP contribution in [0, 0.1) is 209 Å². The van der Waals surface area contributed by atoms with E-state index >= 15 is 0 Å². The Kier molecular flexibility index (Phi) is 39.6. The second-order valence-electron chi connectivity index (χ2n) is 59.1. The zero-order valence-electron chi connectivity index (χ0n) is 96.1. The van der Waals surface area contributed by atoms with Gasteiger partial charge in [-0.3, -0.25) is 0 Å². The molecule has 20 aliphatic carbocycles. The molecular weight excluding hydrogens is 1800 g/mol. The number of fused-ring (bicyclic) bond motifs is 20. The van der Waals surface area contributed by atoms with Crippen LogP contribution >= 0.6 is 0 Å². The summed E-state index contributed by atoms with van der Waals surface area (Å²) in [5.41, 5.74) is 3.48. The van der Waals surface area contributed by atoms with Gasteiger partial charge in [-0.25, -0.2) is 9.59 Å². The Bertz CT molecular complexity index is 4180. The molecule has 0 bridgehead atoms. The van der Waals surface area contributed by atoms with Crippen LogP contribution in [0.4, 0.5) is 0 Å². The van der Waals surface area contributed by atoms with Crippen molar-refractivity contribution < 1.29 is 109 Å². The van der Waals surface area contributed by atoms with Crippen molar-refractivity contribution in [1.29, 1.82) is 0 Å². The van der Waals surface area contributed by atoms with Gasteiger partial charge >= 0.3 is 49.7 Å². The summed E-state index contributed by atoms with van der Waals surface area (Å²) in [4.78, 5) is 25.8. The van der Waals surface area contributed by atoms with Gasteiger partial charge in [0.05, 0.1) is 45.7 Å². The topological polar surface area (TPSA) is 297 Å². The molecule has 20 fully saturated rings. The number of ether oxygens (including phenoxy) is 2. The second kappa shape index (κ2) is 47.8. The third-order valence-electron chi connectivity index (χ3n) is 51.8. The van der Waals surface area contributed by atoms with Crippen molar-refractivity contribution in [3.8, 4) is 0 Å². The van der Waals surface area contributed by atoms with Crippen LogP contribution in [0.1, 0.15) is 491 Å². The van der Waals surface area contributed by atoms with Crippen LogP contribution in [-0.4, -0.2) is 111 Å². The number of hydrogen-bond donors (Lipinski definition) is 6. The molecule has 820 valence electrons. The summed E-state index contributed by atoms with van der Waals surface area (Å²) in [5, 5.41) is 64.3. The minimum Gasteiger partial charge on any atom is -0.870 e. The predicted octanol–water partition coefficient (Wildman–Crippen LogP) is 23.6. The Labute approximate surface area is 912 Å². The predicted molar refractivity (Wildman–Crippen MR) is 581 cm³/mol. The summed E-state index contributed by atoms with van der Waals surface area (Å²) in [5.74, 6) is 22.0. The molecule has 16 heteroatoms. The number of aliphatic hydroxyl groups excluding tert-OH is 2. The smallest absolute Gasteiger partial charge is 0.870 e. The average Bonchev–Trinajstić information content (AvgIpc) is 1.50. The van der Waals surface area contributed by atoms with Crippen molar-refractivity contribution in [3.63, 3.8) is 0 Å². The molecule has 22 rings (SSSR count). The zero-order chi connectivity index (χ0) is 98.9. The van der Waals surface area contributed by atoms with Gasteiger partial charge in [-0.2, -0.15) is 0 Å². The summed E-state index contributed by atoms with van der Waals surface area (Å²) in [6, 6.07) is 19.1. The van der Waals surface area contributed by atoms with Crippen molar-refractivity contribution in [3.05, 3.63) is 71.8 Å². The number of benzene rings is 2. The summed E-state index contributed by atoms with van der Waals surface area (Å²) >= 11 is 0. The molecule has 2 aromatic rings. The quantitative estimate of drug-likeness (QED) is 0.0422. The van der Waals surface area contributed by atoms with E-state index in [1.54, 1.807) is 0 Å². The Hall–Kier alpha value is -1.83. The van der Waals surface area contributed by atoms with E-state index in [0.717, 1.165) is 195 Å². The third-order valence-corrected chi connectivity index (χ3v) is 51.8. The number of esters is 2. The van der Waals surface area contributed by atoms with Crippen molar-refractivity contribution >= 4 is 11.9 Å². The van der Waals surface area contributed by atoms with Crippen LogP contribution < -0.4 is 37.7 Å². The van der Waals surface area contributed by atoms with E-state index in [-0.39, 0.29) is 96.0 Å². The van der Waals surface area contributed by atoms with E-state index in [2.05, 4.69) is 111 Å². The zero-order valence-corrected chi connectivity index (χ0v) is 96.1. The maximum Gasteiger partial charge on any atom is 1.00 e. The molecular formula is C130H214Li2O14. The number of hydrogen-bond acceptors (Lipinski definition) is 12. The van der Waals surface area contributed by atoms with Gasteiger partial charge in [0.25, 0.3) is 0 Å². The van der Waals surface area contributed by atoms with E-state index in [1.807, 2.05) is 60.7 Å². The first kappa shape index (κ1) is 121. The Balaban J connectivity index is 0.000000162. The summed E-state index contributed by atoms with van der Waals surface area (Å²) < 4.78 is 12.4. The Morgan fingerprint density at radius 2 is 0.493 bits per heavy atom. The van der Waals surface area contributed by atoms with Gasteiger partial charge in [-0.1, -0.05) is 145 Å². The molecule has 40 atom stereocenters. The SMILES string of the molecule is C[C@H](CC[C@@H](O)C1CCC1)[C@H]1CC[C@H]2[C@@H]3CC[C@H]4C[C@@](C)(O)CC[C@]4(C)[C@H]3CC[C@]12C.C[C@H](CC[C@@H](OC(=O)c1ccccc1)C1CCC1)[C@H]1CC[C@H]2[C@@H]3CC[C@H]4C[C@@](C)(O)CC[C@]4(C)[C@H]3CC[C@]12C.C[C@H](CC[C@H](O)C1CCC1)[C@H]1CC[C@H]2[C@@H]3CC[C@H]4C[C@@](C)(O)CC[C@]4(C)[C@H]3CC[C@]12C.C[C@H](CC[C@H](OC(=O)c1ccccc1)C1CCC1)[C@H]1CC[C@H]2[C@@H]3CC[C@H]4C[C@@](C)(O)CC[C@]4(C)[C@H]3CC[C@]12C.O.O.[Li+].[Li+].[OH-].[OH-]. The van der Waals surface area contributed by atoms with Crippen molar-refractivity contribution in [2.45, 2.75) is 517 Å². The first-order chi connectivity index (χ1) is 66.5. The molecule has 20 aliphatic rings. The Morgan fingerprint density at radius 1 is 0.274 bits per heavy atom. The third kappa shape index (κ3) is 23.6. The van der Waals surface area contributed by atoms with E-state index < -0.39 is 22.4 Å². The number of carbonyl (C=O) groups is 2. The molecule has 0 aromatic heterocycles. The minimum atomic E-state index is -0.444. The number of rotatable bonds is 24. The van der Waals surface area contributed by atoms with Crippen LogP contribution in [-0.2, 0) is 9.47 Å². The van der Waals surface area contributed by atoms with Gasteiger partial charge in [-0.15, -0.1) is 0 Å². The van der Waals surface area contributed by atoms with Crippen LogP contribution in [0.15, 0.2) is 60.7 Å². The number of aliphatic hydroxyl groups is 6. The summed E-state index contributed by atoms with van der Waals surface area (Å²) in [6.45, 7) is 39.5. The fraction of sp³-hybridized carbons (Fsp3) is 0.892. The van der Waals surface area contributed by atoms with E-state index in [0.29, 0.717) is 102 Å². The normalized spacial score (nSPS) is 45.2. The molecule has 20 saturated carbocycles. The molecule has 14 nitrogen and oxygen atoms in total. The van der Waals surface area contributed by atoms with E-state index in [4.69, 9.17) is 9.47 Å². The van der Waals surface area contributed by atoms with E-state index in [1.165, 1.54) is 283 Å². The monoisotopic (exact) mass is 2010 g/mol. The van der Waals surface area contributed by atoms with Crippen LogP contribution in [0.5, 0.6) is 0 Å². The van der Waals surface area contributed by atoms with Gasteiger partial charge in [0.1, 0.15) is 12.2 Å². The first-order valence-electron chi connectivity index (χ1n) is 61.3. The molecule has 0 aliphatic heterocycles. The van der Waals surface area contributed by atoms with Crippen molar-refractivity contribution in [2.75, 3.05) is 0 Å². The van der Waals surface area contributed by atoms with Crippen LogP contribution in [0.2, 0.25) is 0 Å². The fourth-order valence-electron chi connectivity index (χ4n) is 42.2. The van der Waals surface area contributed by atoms with Gasteiger partial charge in [0.2, 0.25) is 0 Å². The molecule has 2 aromatic carbocycles. The first-order valence-corrected chi connectivity index (χ1v) is 61.3. The number of carbonyl (C=O) groups excluding carboxylic acids is 2. The van der Waals surface area contributed by atoms with Gasteiger partial charge in [0, 0.05) is 0 Å². The summed E-state index contributed by atoms with van der Waals surface area (Å²) in [6.07, 6.45) is 70.8. The molecule has 0 saturated heterocycles. The van der Waals surface area contributed by atoms with Gasteiger partial charge in [0.15, 0.2) is 0 Å². The molecule has 0 spiro atoms. The molecule has 0 heterocycles. The van der Waals surface area contributed by atoms with Gasteiger partial charge in [-0.05, 0) is 595 Å². The minimum absolute atomic E-state index is 0.